The minimum atomic E-state index is -1.16. The van der Waals surface area contributed by atoms with Gasteiger partial charge in [0.15, 0.2) is 5.96 Å². The molecular formula is C23H37N7O5. The second-order valence-electron chi connectivity index (χ2n) is 8.29. The van der Waals surface area contributed by atoms with Gasteiger partial charge in [-0.25, -0.2) is 4.79 Å². The maximum Gasteiger partial charge on any atom is 0.326 e. The van der Waals surface area contributed by atoms with E-state index in [9.17, 15) is 24.3 Å². The van der Waals surface area contributed by atoms with Crippen LogP contribution in [0.1, 0.15) is 38.7 Å². The normalized spacial score (nSPS) is 14.0. The molecule has 4 atom stereocenters. The van der Waals surface area contributed by atoms with Crippen LogP contribution in [0.4, 0.5) is 0 Å². The van der Waals surface area contributed by atoms with Crippen LogP contribution in [0.25, 0.3) is 0 Å². The highest BCUT2D eigenvalue weighted by atomic mass is 16.4. The maximum absolute atomic E-state index is 12.8. The average molecular weight is 492 g/mol. The third-order valence-electron chi connectivity index (χ3n) is 5.43. The summed E-state index contributed by atoms with van der Waals surface area (Å²) in [6.45, 7) is 3.31. The molecule has 35 heavy (non-hydrogen) atoms. The molecule has 0 saturated heterocycles. The zero-order valence-electron chi connectivity index (χ0n) is 20.2. The highest BCUT2D eigenvalue weighted by Gasteiger charge is 2.27. The molecule has 0 radical (unpaired) electrons. The lowest BCUT2D eigenvalue weighted by atomic mass is 9.99. The number of amides is 3. The molecule has 0 aliphatic carbocycles. The molecule has 4 unspecified atom stereocenters. The molecular weight excluding hydrogens is 454 g/mol. The highest BCUT2D eigenvalue weighted by Crippen LogP contribution is 2.08. The molecule has 3 amide bonds. The van der Waals surface area contributed by atoms with Crippen molar-refractivity contribution < 1.29 is 24.3 Å². The predicted molar refractivity (Wildman–Crippen MR) is 132 cm³/mol. The third-order valence-corrected chi connectivity index (χ3v) is 5.43. The van der Waals surface area contributed by atoms with E-state index in [0.717, 1.165) is 5.56 Å². The van der Waals surface area contributed by atoms with Crippen molar-refractivity contribution in [1.29, 1.82) is 0 Å². The van der Waals surface area contributed by atoms with Gasteiger partial charge in [0.25, 0.3) is 0 Å². The van der Waals surface area contributed by atoms with Crippen LogP contribution in [0.3, 0.4) is 0 Å². The molecule has 0 saturated carbocycles. The number of nitrogens with one attached hydrogen (secondary N) is 3. The molecule has 1 rings (SSSR count). The first-order chi connectivity index (χ1) is 16.5. The van der Waals surface area contributed by atoms with Crippen LogP contribution in [-0.2, 0) is 25.6 Å². The number of hydrogen-bond donors (Lipinski definition) is 7. The van der Waals surface area contributed by atoms with E-state index < -0.39 is 48.4 Å². The van der Waals surface area contributed by atoms with E-state index in [2.05, 4.69) is 20.9 Å². The lowest BCUT2D eigenvalue weighted by Gasteiger charge is -2.22. The third kappa shape index (κ3) is 11.3. The van der Waals surface area contributed by atoms with Gasteiger partial charge in [-0.05, 0) is 30.7 Å². The van der Waals surface area contributed by atoms with Crippen molar-refractivity contribution in [2.45, 2.75) is 57.7 Å². The summed E-state index contributed by atoms with van der Waals surface area (Å²) in [5, 5.41) is 16.8. The maximum atomic E-state index is 12.8. The zero-order valence-corrected chi connectivity index (χ0v) is 20.2. The van der Waals surface area contributed by atoms with E-state index in [-0.39, 0.29) is 31.3 Å². The second kappa shape index (κ2) is 15.3. The number of aliphatic carboxylic acids is 1. The quantitative estimate of drug-likeness (QED) is 0.0898. The smallest absolute Gasteiger partial charge is 0.326 e. The number of carbonyl (C=O) groups excluding carboxylic acids is 3. The first-order valence-electron chi connectivity index (χ1n) is 11.5. The average Bonchev–Trinajstić information content (AvgIpc) is 2.82. The van der Waals surface area contributed by atoms with E-state index in [1.807, 2.05) is 37.3 Å². The van der Waals surface area contributed by atoms with Crippen molar-refractivity contribution >= 4 is 29.7 Å². The topological polar surface area (TPSA) is 215 Å². The Morgan fingerprint density at radius 3 is 2.29 bits per heavy atom. The first kappa shape index (κ1) is 29.4. The molecule has 0 bridgehead atoms. The van der Waals surface area contributed by atoms with Gasteiger partial charge in [0.05, 0.1) is 12.6 Å². The van der Waals surface area contributed by atoms with Gasteiger partial charge in [-0.3, -0.25) is 19.4 Å². The fourth-order valence-electron chi connectivity index (χ4n) is 3.21. The van der Waals surface area contributed by atoms with Crippen LogP contribution in [-0.4, -0.2) is 66.0 Å². The molecule has 12 nitrogen and oxygen atoms in total. The molecule has 10 N–H and O–H groups in total. The lowest BCUT2D eigenvalue weighted by Crippen LogP contribution is -2.54. The molecule has 1 aromatic carbocycles. The Labute approximate surface area is 205 Å². The molecule has 0 aliphatic rings. The van der Waals surface area contributed by atoms with E-state index in [0.29, 0.717) is 12.8 Å². The number of nitrogens with two attached hydrogens (primary N) is 3. The summed E-state index contributed by atoms with van der Waals surface area (Å²) in [7, 11) is 0. The number of benzene rings is 1. The van der Waals surface area contributed by atoms with Crippen LogP contribution in [0.15, 0.2) is 35.3 Å². The Kier molecular flexibility index (Phi) is 12.8. The standard InChI is InChI=1S/C23H37N7O5/c1-3-14(2)19(22(34)35)30-18(31)13-28-21(33)17(10-7-11-27-23(25)26)29-20(32)16(24)12-15-8-5-4-6-9-15/h4-6,8-9,14,16-17,19H,3,7,10-13,24H2,1-2H3,(H,28,33)(H,29,32)(H,30,31)(H,34,35)(H4,25,26,27). The number of guanidine groups is 1. The van der Waals surface area contributed by atoms with Gasteiger partial charge >= 0.3 is 5.97 Å². The summed E-state index contributed by atoms with van der Waals surface area (Å²) in [4.78, 5) is 52.9. The van der Waals surface area contributed by atoms with Crippen LogP contribution >= 0.6 is 0 Å². The van der Waals surface area contributed by atoms with Gasteiger partial charge in [-0.2, -0.15) is 0 Å². The summed E-state index contributed by atoms with van der Waals surface area (Å²) in [6, 6.07) is 6.25. The Morgan fingerprint density at radius 1 is 1.06 bits per heavy atom. The fraction of sp³-hybridized carbons (Fsp3) is 0.522. The molecule has 12 heteroatoms. The van der Waals surface area contributed by atoms with Crippen molar-refractivity contribution in [2.24, 2.45) is 28.1 Å². The summed E-state index contributed by atoms with van der Waals surface area (Å²) >= 11 is 0. The van der Waals surface area contributed by atoms with Gasteiger partial charge in [-0.1, -0.05) is 50.6 Å². The van der Waals surface area contributed by atoms with Crippen LogP contribution in [0, 0.1) is 5.92 Å². The van der Waals surface area contributed by atoms with Gasteiger partial charge in [-0.15, -0.1) is 0 Å². The van der Waals surface area contributed by atoms with Gasteiger partial charge in [0.2, 0.25) is 17.7 Å². The Morgan fingerprint density at radius 2 is 1.71 bits per heavy atom. The summed E-state index contributed by atoms with van der Waals surface area (Å²) in [5.41, 5.74) is 17.5. The van der Waals surface area contributed by atoms with Gasteiger partial charge in [0.1, 0.15) is 12.1 Å². The number of hydrogen-bond acceptors (Lipinski definition) is 6. The number of carbonyl (C=O) groups is 4. The lowest BCUT2D eigenvalue weighted by molar-refractivity contribution is -0.143. The number of aliphatic imine (C=N–C) groups is 1. The van der Waals surface area contributed by atoms with E-state index in [1.54, 1.807) is 6.92 Å². The van der Waals surface area contributed by atoms with Crippen molar-refractivity contribution in [1.82, 2.24) is 16.0 Å². The van der Waals surface area contributed by atoms with Crippen LogP contribution in [0.5, 0.6) is 0 Å². The zero-order chi connectivity index (χ0) is 26.4. The Balaban J connectivity index is 2.75. The second-order valence-corrected chi connectivity index (χ2v) is 8.29. The van der Waals surface area contributed by atoms with Gasteiger partial charge in [0, 0.05) is 6.54 Å². The fourth-order valence-corrected chi connectivity index (χ4v) is 3.21. The number of nitrogens with zero attached hydrogens (tertiary/aromatic N) is 1. The highest BCUT2D eigenvalue weighted by molar-refractivity contribution is 5.92. The van der Waals surface area contributed by atoms with Crippen LogP contribution < -0.4 is 33.2 Å². The molecule has 0 fully saturated rings. The Bertz CT molecular complexity index is 874. The number of rotatable bonds is 15. The molecule has 0 aliphatic heterocycles. The van der Waals surface area contributed by atoms with Crippen molar-refractivity contribution in [3.63, 3.8) is 0 Å². The monoisotopic (exact) mass is 491 g/mol. The van der Waals surface area contributed by atoms with E-state index >= 15 is 0 Å². The molecule has 194 valence electrons. The summed E-state index contributed by atoms with van der Waals surface area (Å²) in [5.74, 6) is -3.33. The Hall–Kier alpha value is -3.67. The van der Waals surface area contributed by atoms with Crippen molar-refractivity contribution in [3.8, 4) is 0 Å². The molecule has 0 aromatic heterocycles. The SMILES string of the molecule is CCC(C)C(NC(=O)CNC(=O)C(CCCN=C(N)N)NC(=O)C(N)Cc1ccccc1)C(=O)O. The number of carboxylic acid groups (broad SMARTS) is 1. The molecule has 1 aromatic rings. The largest absolute Gasteiger partial charge is 0.480 e. The molecule has 0 heterocycles. The van der Waals surface area contributed by atoms with E-state index in [4.69, 9.17) is 17.2 Å². The first-order valence-corrected chi connectivity index (χ1v) is 11.5. The van der Waals surface area contributed by atoms with Crippen LogP contribution in [0.2, 0.25) is 0 Å². The van der Waals surface area contributed by atoms with E-state index in [1.165, 1.54) is 0 Å². The van der Waals surface area contributed by atoms with Gasteiger partial charge < -0.3 is 38.3 Å². The minimum absolute atomic E-state index is 0.0918. The molecule has 0 spiro atoms. The predicted octanol–water partition coefficient (Wildman–Crippen LogP) is -1.17. The van der Waals surface area contributed by atoms with Crippen molar-refractivity contribution in [3.05, 3.63) is 35.9 Å². The summed E-state index contributed by atoms with van der Waals surface area (Å²) < 4.78 is 0. The van der Waals surface area contributed by atoms with Crippen molar-refractivity contribution in [2.75, 3.05) is 13.1 Å². The summed E-state index contributed by atoms with van der Waals surface area (Å²) in [6.07, 6.45) is 1.41. The minimum Gasteiger partial charge on any atom is -0.480 e. The number of carboxylic acids is 1.